The highest BCUT2D eigenvalue weighted by molar-refractivity contribution is 7.90. The van der Waals surface area contributed by atoms with Crippen LogP contribution in [0.1, 0.15) is 30.1 Å². The summed E-state index contributed by atoms with van der Waals surface area (Å²) in [7, 11) is -3.45. The van der Waals surface area contributed by atoms with Gasteiger partial charge in [0.05, 0.1) is 10.5 Å². The van der Waals surface area contributed by atoms with Gasteiger partial charge in [0.15, 0.2) is 9.84 Å². The molecule has 0 saturated carbocycles. The number of benzene rings is 1. The number of carbonyl (C=O) groups excluding carboxylic acids is 2. The zero-order valence-corrected chi connectivity index (χ0v) is 13.5. The Labute approximate surface area is 130 Å². The van der Waals surface area contributed by atoms with Crippen LogP contribution in [0.15, 0.2) is 29.2 Å². The van der Waals surface area contributed by atoms with Crippen LogP contribution in [-0.2, 0) is 14.6 Å². The minimum atomic E-state index is -3.45. The molecular formula is C15H20N2O4S. The van der Waals surface area contributed by atoms with Crippen LogP contribution in [0.5, 0.6) is 0 Å². The van der Waals surface area contributed by atoms with E-state index in [9.17, 15) is 18.0 Å². The normalized spacial score (nSPS) is 16.4. The van der Waals surface area contributed by atoms with Gasteiger partial charge in [0, 0.05) is 32.3 Å². The van der Waals surface area contributed by atoms with Gasteiger partial charge in [0.2, 0.25) is 5.91 Å². The van der Waals surface area contributed by atoms with Gasteiger partial charge in [-0.3, -0.25) is 9.59 Å². The fraction of sp³-hybridized carbons (Fsp3) is 0.467. The molecule has 1 aliphatic heterocycles. The van der Waals surface area contributed by atoms with E-state index in [1.165, 1.54) is 19.1 Å². The van der Waals surface area contributed by atoms with Crippen LogP contribution >= 0.6 is 0 Å². The minimum Gasteiger partial charge on any atom is -0.349 e. The van der Waals surface area contributed by atoms with E-state index in [1.54, 1.807) is 17.0 Å². The Hall–Kier alpha value is -1.89. The molecule has 1 aromatic carbocycles. The van der Waals surface area contributed by atoms with E-state index in [2.05, 4.69) is 5.32 Å². The Morgan fingerprint density at radius 1 is 1.18 bits per heavy atom. The number of hydrogen-bond acceptors (Lipinski definition) is 4. The van der Waals surface area contributed by atoms with Gasteiger partial charge in [-0.1, -0.05) is 12.1 Å². The maximum Gasteiger partial charge on any atom is 0.252 e. The number of sulfone groups is 1. The summed E-state index contributed by atoms with van der Waals surface area (Å²) in [5.41, 5.74) is 0.166. The predicted molar refractivity (Wildman–Crippen MR) is 82.3 cm³/mol. The van der Waals surface area contributed by atoms with Crippen molar-refractivity contribution in [3.8, 4) is 0 Å². The first-order valence-corrected chi connectivity index (χ1v) is 9.03. The number of nitrogens with one attached hydrogen (secondary N) is 1. The molecule has 120 valence electrons. The van der Waals surface area contributed by atoms with Gasteiger partial charge in [0.25, 0.3) is 5.91 Å². The average Bonchev–Trinajstić information content (AvgIpc) is 2.47. The molecule has 0 radical (unpaired) electrons. The van der Waals surface area contributed by atoms with Crippen LogP contribution in [0.2, 0.25) is 0 Å². The van der Waals surface area contributed by atoms with E-state index in [-0.39, 0.29) is 28.3 Å². The summed E-state index contributed by atoms with van der Waals surface area (Å²) in [5, 5.41) is 2.87. The van der Waals surface area contributed by atoms with Crippen LogP contribution in [0.25, 0.3) is 0 Å². The molecular weight excluding hydrogens is 304 g/mol. The number of amides is 2. The van der Waals surface area contributed by atoms with Crippen molar-refractivity contribution in [2.24, 2.45) is 0 Å². The first kappa shape index (κ1) is 16.5. The van der Waals surface area contributed by atoms with Crippen molar-refractivity contribution in [2.45, 2.75) is 30.7 Å². The zero-order valence-electron chi connectivity index (χ0n) is 12.7. The van der Waals surface area contributed by atoms with Crippen LogP contribution in [0.4, 0.5) is 0 Å². The number of nitrogens with zero attached hydrogens (tertiary/aromatic N) is 1. The molecule has 0 spiro atoms. The molecule has 7 heteroatoms. The van der Waals surface area contributed by atoms with E-state index < -0.39 is 9.84 Å². The Morgan fingerprint density at radius 3 is 2.32 bits per heavy atom. The van der Waals surface area contributed by atoms with Crippen molar-refractivity contribution in [1.29, 1.82) is 0 Å². The lowest BCUT2D eigenvalue weighted by atomic mass is 10.0. The summed E-state index contributed by atoms with van der Waals surface area (Å²) < 4.78 is 23.5. The Bertz CT molecular complexity index is 677. The van der Waals surface area contributed by atoms with Crippen molar-refractivity contribution < 1.29 is 18.0 Å². The first-order valence-electron chi connectivity index (χ1n) is 7.14. The standard InChI is InChI=1S/C15H20N2O4S/c1-11(18)17-9-7-12(8-10-17)16-15(19)13-5-3-4-6-14(13)22(2,20)21/h3-6,12H,7-10H2,1-2H3,(H,16,19). The Kier molecular flexibility index (Phi) is 4.85. The summed E-state index contributed by atoms with van der Waals surface area (Å²) in [6, 6.07) is 6.13. The molecule has 2 amide bonds. The number of hydrogen-bond donors (Lipinski definition) is 1. The largest absolute Gasteiger partial charge is 0.349 e. The second-order valence-electron chi connectivity index (χ2n) is 5.52. The van der Waals surface area contributed by atoms with Gasteiger partial charge in [-0.2, -0.15) is 0 Å². The van der Waals surface area contributed by atoms with Crippen molar-refractivity contribution in [2.75, 3.05) is 19.3 Å². The number of rotatable bonds is 3. The zero-order chi connectivity index (χ0) is 16.3. The highest BCUT2D eigenvalue weighted by Gasteiger charge is 2.24. The quantitative estimate of drug-likeness (QED) is 0.893. The van der Waals surface area contributed by atoms with Gasteiger partial charge in [-0.05, 0) is 25.0 Å². The fourth-order valence-corrected chi connectivity index (χ4v) is 3.47. The molecule has 1 heterocycles. The molecule has 22 heavy (non-hydrogen) atoms. The van der Waals surface area contributed by atoms with Crippen molar-refractivity contribution >= 4 is 21.7 Å². The van der Waals surface area contributed by atoms with Crippen molar-refractivity contribution in [3.63, 3.8) is 0 Å². The van der Waals surface area contributed by atoms with Gasteiger partial charge in [0.1, 0.15) is 0 Å². The lowest BCUT2D eigenvalue weighted by Gasteiger charge is -2.31. The molecule has 1 fully saturated rings. The van der Waals surface area contributed by atoms with E-state index in [0.29, 0.717) is 25.9 Å². The molecule has 0 bridgehead atoms. The highest BCUT2D eigenvalue weighted by Crippen LogP contribution is 2.17. The first-order chi connectivity index (χ1) is 10.3. The summed E-state index contributed by atoms with van der Waals surface area (Å²) in [6.07, 6.45) is 2.43. The summed E-state index contributed by atoms with van der Waals surface area (Å²) in [6.45, 7) is 2.74. The number of carbonyl (C=O) groups is 2. The third-order valence-corrected chi connectivity index (χ3v) is 4.96. The minimum absolute atomic E-state index is 0.0344. The topological polar surface area (TPSA) is 83.6 Å². The van der Waals surface area contributed by atoms with Crippen molar-refractivity contribution in [1.82, 2.24) is 10.2 Å². The molecule has 1 N–H and O–H groups in total. The maximum atomic E-state index is 12.3. The fourth-order valence-electron chi connectivity index (χ4n) is 2.58. The van der Waals surface area contributed by atoms with E-state index >= 15 is 0 Å². The molecule has 2 rings (SSSR count). The third kappa shape index (κ3) is 3.85. The predicted octanol–water partition coefficient (Wildman–Crippen LogP) is 0.831. The molecule has 6 nitrogen and oxygen atoms in total. The average molecular weight is 324 g/mol. The van der Waals surface area contributed by atoms with E-state index in [4.69, 9.17) is 0 Å². The third-order valence-electron chi connectivity index (χ3n) is 3.81. The monoisotopic (exact) mass is 324 g/mol. The van der Waals surface area contributed by atoms with Crippen LogP contribution in [-0.4, -0.2) is 50.5 Å². The van der Waals surface area contributed by atoms with Crippen LogP contribution in [0.3, 0.4) is 0 Å². The Morgan fingerprint density at radius 2 is 1.77 bits per heavy atom. The summed E-state index contributed by atoms with van der Waals surface area (Å²) in [5.74, 6) is -0.352. The van der Waals surface area contributed by atoms with Crippen LogP contribution < -0.4 is 5.32 Å². The summed E-state index contributed by atoms with van der Waals surface area (Å²) in [4.78, 5) is 25.4. The van der Waals surface area contributed by atoms with Gasteiger partial charge in [-0.25, -0.2) is 8.42 Å². The molecule has 1 aliphatic rings. The SMILES string of the molecule is CC(=O)N1CCC(NC(=O)c2ccccc2S(C)(=O)=O)CC1. The van der Waals surface area contributed by atoms with E-state index in [1.807, 2.05) is 0 Å². The van der Waals surface area contributed by atoms with Crippen LogP contribution in [0, 0.1) is 0 Å². The van der Waals surface area contributed by atoms with Gasteiger partial charge < -0.3 is 10.2 Å². The van der Waals surface area contributed by atoms with Gasteiger partial charge >= 0.3 is 0 Å². The number of piperidine rings is 1. The molecule has 1 aromatic rings. The maximum absolute atomic E-state index is 12.3. The molecule has 0 atom stereocenters. The highest BCUT2D eigenvalue weighted by atomic mass is 32.2. The molecule has 0 aromatic heterocycles. The van der Waals surface area contributed by atoms with Gasteiger partial charge in [-0.15, -0.1) is 0 Å². The molecule has 0 aliphatic carbocycles. The number of likely N-dealkylation sites (tertiary alicyclic amines) is 1. The second-order valence-corrected chi connectivity index (χ2v) is 7.51. The Balaban J connectivity index is 2.07. The molecule has 1 saturated heterocycles. The molecule has 0 unspecified atom stereocenters. The lowest BCUT2D eigenvalue weighted by Crippen LogP contribution is -2.46. The van der Waals surface area contributed by atoms with Crippen molar-refractivity contribution in [3.05, 3.63) is 29.8 Å². The smallest absolute Gasteiger partial charge is 0.252 e. The lowest BCUT2D eigenvalue weighted by molar-refractivity contribution is -0.129. The second kappa shape index (κ2) is 6.48. The summed E-state index contributed by atoms with van der Waals surface area (Å²) >= 11 is 0. The van der Waals surface area contributed by atoms with E-state index in [0.717, 1.165) is 6.26 Å².